The fourth-order valence-corrected chi connectivity index (χ4v) is 2.16. The molecule has 1 aliphatic heterocycles. The predicted molar refractivity (Wildman–Crippen MR) is 75.8 cm³/mol. The van der Waals surface area contributed by atoms with E-state index in [1.54, 1.807) is 23.1 Å². The van der Waals surface area contributed by atoms with Gasteiger partial charge in [-0.05, 0) is 25.1 Å². The second-order valence-corrected chi connectivity index (χ2v) is 4.75. The zero-order valence-electron chi connectivity index (χ0n) is 11.6. The summed E-state index contributed by atoms with van der Waals surface area (Å²) in [4.78, 5) is 13.9. The molecule has 0 aromatic heterocycles. The minimum absolute atomic E-state index is 0.181. The normalized spacial score (nSPS) is 18.2. The lowest BCUT2D eigenvalue weighted by atomic mass is 10.2. The first-order valence-corrected chi connectivity index (χ1v) is 6.51. The van der Waals surface area contributed by atoms with Crippen LogP contribution in [0.2, 0.25) is 0 Å². The average molecular weight is 274 g/mol. The van der Waals surface area contributed by atoms with E-state index in [2.05, 4.69) is 16.7 Å². The van der Waals surface area contributed by atoms with Crippen molar-refractivity contribution in [2.24, 2.45) is 0 Å². The van der Waals surface area contributed by atoms with E-state index >= 15 is 0 Å². The summed E-state index contributed by atoms with van der Waals surface area (Å²) in [5.74, 6) is 0.593. The molecule has 1 aliphatic rings. The van der Waals surface area contributed by atoms with Gasteiger partial charge in [-0.15, -0.1) is 0 Å². The molecule has 1 aromatic carbocycles. The fraction of sp³-hybridized carbons (Fsp3) is 0.429. The van der Waals surface area contributed by atoms with E-state index in [0.717, 1.165) is 6.54 Å². The monoisotopic (exact) mass is 274 g/mol. The summed E-state index contributed by atoms with van der Waals surface area (Å²) in [7, 11) is 1.54. The van der Waals surface area contributed by atoms with Gasteiger partial charge in [-0.25, -0.2) is 4.79 Å². The second kappa shape index (κ2) is 6.26. The van der Waals surface area contributed by atoms with E-state index in [9.17, 15) is 4.79 Å². The van der Waals surface area contributed by atoms with Gasteiger partial charge in [0.15, 0.2) is 0 Å². The number of nitrogens with zero attached hydrogens (tertiary/aromatic N) is 2. The van der Waals surface area contributed by atoms with Crippen molar-refractivity contribution < 1.29 is 9.53 Å². The Morgan fingerprint density at radius 3 is 3.05 bits per heavy atom. The molecule has 1 fully saturated rings. The van der Waals surface area contributed by atoms with Gasteiger partial charge >= 0.3 is 6.03 Å². The van der Waals surface area contributed by atoms with Crippen molar-refractivity contribution in [1.29, 1.82) is 5.26 Å². The Kier molecular flexibility index (Phi) is 4.43. The van der Waals surface area contributed by atoms with Crippen LogP contribution in [-0.2, 0) is 0 Å². The minimum Gasteiger partial charge on any atom is -0.497 e. The number of benzene rings is 1. The van der Waals surface area contributed by atoms with E-state index in [4.69, 9.17) is 10.00 Å². The van der Waals surface area contributed by atoms with Crippen LogP contribution < -0.4 is 15.4 Å². The van der Waals surface area contributed by atoms with Gasteiger partial charge in [-0.2, -0.15) is 5.26 Å². The van der Waals surface area contributed by atoms with Crippen LogP contribution >= 0.6 is 0 Å². The maximum Gasteiger partial charge on any atom is 0.321 e. The Morgan fingerprint density at radius 1 is 1.60 bits per heavy atom. The van der Waals surface area contributed by atoms with Crippen LogP contribution in [0.15, 0.2) is 18.2 Å². The van der Waals surface area contributed by atoms with Crippen molar-refractivity contribution in [1.82, 2.24) is 10.2 Å². The number of nitrogens with one attached hydrogen (secondary N) is 2. The highest BCUT2D eigenvalue weighted by molar-refractivity contribution is 5.91. The largest absolute Gasteiger partial charge is 0.497 e. The number of hydrogen-bond donors (Lipinski definition) is 2. The molecule has 2 N–H and O–H groups in total. The third kappa shape index (κ3) is 3.19. The Hall–Kier alpha value is -2.26. The molecule has 0 radical (unpaired) electrons. The van der Waals surface area contributed by atoms with Crippen LogP contribution in [0, 0.1) is 11.3 Å². The van der Waals surface area contributed by atoms with Crippen LogP contribution in [0.5, 0.6) is 5.75 Å². The summed E-state index contributed by atoms with van der Waals surface area (Å²) in [5, 5.41) is 15.2. The van der Waals surface area contributed by atoms with Crippen molar-refractivity contribution in [3.05, 3.63) is 23.8 Å². The predicted octanol–water partition coefficient (Wildman–Crippen LogP) is 1.39. The van der Waals surface area contributed by atoms with Crippen molar-refractivity contribution in [3.8, 4) is 11.8 Å². The highest BCUT2D eigenvalue weighted by Gasteiger charge is 2.21. The number of ether oxygens (including phenoxy) is 1. The molecule has 2 rings (SSSR count). The zero-order chi connectivity index (χ0) is 14.5. The molecule has 0 bridgehead atoms. The van der Waals surface area contributed by atoms with Crippen molar-refractivity contribution in [2.75, 3.05) is 32.1 Å². The molecular weight excluding hydrogens is 256 g/mol. The van der Waals surface area contributed by atoms with Crippen LogP contribution in [0.25, 0.3) is 0 Å². The number of piperazine rings is 1. The SMILES string of the molecule is COc1ccc(NC(=O)N2CCNC(C)C2)c(C#N)c1. The molecular formula is C14H18N4O2. The van der Waals surface area contributed by atoms with Crippen LogP contribution in [-0.4, -0.2) is 43.7 Å². The van der Waals surface area contributed by atoms with Crippen molar-refractivity contribution in [3.63, 3.8) is 0 Å². The molecule has 0 spiro atoms. The molecule has 0 aliphatic carbocycles. The van der Waals surface area contributed by atoms with Gasteiger partial charge in [0, 0.05) is 25.7 Å². The number of carbonyl (C=O) groups is 1. The van der Waals surface area contributed by atoms with Crippen LogP contribution in [0.4, 0.5) is 10.5 Å². The van der Waals surface area contributed by atoms with E-state index in [0.29, 0.717) is 30.1 Å². The van der Waals surface area contributed by atoms with E-state index in [1.165, 1.54) is 7.11 Å². The number of nitriles is 1. The lowest BCUT2D eigenvalue weighted by Gasteiger charge is -2.31. The van der Waals surface area contributed by atoms with E-state index < -0.39 is 0 Å². The highest BCUT2D eigenvalue weighted by atomic mass is 16.5. The maximum atomic E-state index is 12.2. The van der Waals surface area contributed by atoms with Gasteiger partial charge in [0.2, 0.25) is 0 Å². The Bertz CT molecular complexity index is 538. The molecule has 6 nitrogen and oxygen atoms in total. The maximum absolute atomic E-state index is 12.2. The number of hydrogen-bond acceptors (Lipinski definition) is 4. The quantitative estimate of drug-likeness (QED) is 0.854. The van der Waals surface area contributed by atoms with Gasteiger partial charge < -0.3 is 20.3 Å². The summed E-state index contributed by atoms with van der Waals surface area (Å²) >= 11 is 0. The fourth-order valence-electron chi connectivity index (χ4n) is 2.16. The van der Waals surface area contributed by atoms with Crippen molar-refractivity contribution in [2.45, 2.75) is 13.0 Å². The molecule has 1 saturated heterocycles. The van der Waals surface area contributed by atoms with Gasteiger partial charge in [0.1, 0.15) is 11.8 Å². The van der Waals surface area contributed by atoms with Gasteiger partial charge in [0.25, 0.3) is 0 Å². The third-order valence-corrected chi connectivity index (χ3v) is 3.24. The molecule has 6 heteroatoms. The minimum atomic E-state index is -0.181. The van der Waals surface area contributed by atoms with E-state index in [-0.39, 0.29) is 12.1 Å². The molecule has 106 valence electrons. The smallest absolute Gasteiger partial charge is 0.321 e. The van der Waals surface area contributed by atoms with Gasteiger partial charge in [0.05, 0.1) is 18.4 Å². The lowest BCUT2D eigenvalue weighted by molar-refractivity contribution is 0.192. The average Bonchev–Trinajstić information content (AvgIpc) is 2.47. The first-order chi connectivity index (χ1) is 9.63. The highest BCUT2D eigenvalue weighted by Crippen LogP contribution is 2.21. The Morgan fingerprint density at radius 2 is 2.40 bits per heavy atom. The summed E-state index contributed by atoms with van der Waals surface area (Å²) < 4.78 is 5.06. The van der Waals surface area contributed by atoms with Crippen LogP contribution in [0.1, 0.15) is 12.5 Å². The van der Waals surface area contributed by atoms with Gasteiger partial charge in [-0.1, -0.05) is 0 Å². The van der Waals surface area contributed by atoms with Crippen LogP contribution in [0.3, 0.4) is 0 Å². The number of anilines is 1. The molecule has 0 saturated carbocycles. The third-order valence-electron chi connectivity index (χ3n) is 3.24. The van der Waals surface area contributed by atoms with Crippen molar-refractivity contribution >= 4 is 11.7 Å². The van der Waals surface area contributed by atoms with E-state index in [1.807, 2.05) is 6.92 Å². The summed E-state index contributed by atoms with van der Waals surface area (Å²) in [6.07, 6.45) is 0. The number of methoxy groups -OCH3 is 1. The van der Waals surface area contributed by atoms with Gasteiger partial charge in [-0.3, -0.25) is 0 Å². The molecule has 1 unspecified atom stereocenters. The summed E-state index contributed by atoms with van der Waals surface area (Å²) in [6.45, 7) is 4.13. The number of carbonyl (C=O) groups excluding carboxylic acids is 1. The summed E-state index contributed by atoms with van der Waals surface area (Å²) in [6, 6.07) is 7.17. The number of amides is 2. The zero-order valence-corrected chi connectivity index (χ0v) is 11.6. The topological polar surface area (TPSA) is 77.4 Å². The molecule has 1 heterocycles. The molecule has 20 heavy (non-hydrogen) atoms. The number of rotatable bonds is 2. The second-order valence-electron chi connectivity index (χ2n) is 4.75. The number of urea groups is 1. The summed E-state index contributed by atoms with van der Waals surface area (Å²) in [5.41, 5.74) is 0.894. The molecule has 1 aromatic rings. The first-order valence-electron chi connectivity index (χ1n) is 6.51. The standard InChI is InChI=1S/C14H18N4O2/c1-10-9-18(6-5-16-10)14(19)17-13-4-3-12(20-2)7-11(13)8-15/h3-4,7,10,16H,5-6,9H2,1-2H3,(H,17,19). The molecule has 1 atom stereocenters. The Balaban J connectivity index is 2.09. The lowest BCUT2D eigenvalue weighted by Crippen LogP contribution is -2.52. The molecule has 2 amide bonds. The Labute approximate surface area is 118 Å². The first kappa shape index (κ1) is 14.2.